The molecule has 0 aliphatic carbocycles. The van der Waals surface area contributed by atoms with Crippen molar-refractivity contribution in [1.82, 2.24) is 10.2 Å². The highest BCUT2D eigenvalue weighted by Gasteiger charge is 2.21. The summed E-state index contributed by atoms with van der Waals surface area (Å²) in [6, 6.07) is 0.571. The van der Waals surface area contributed by atoms with Gasteiger partial charge in [0.25, 0.3) is 0 Å². The first-order valence-corrected chi connectivity index (χ1v) is 5.95. The lowest BCUT2D eigenvalue weighted by atomic mass is 10.2. The Morgan fingerprint density at radius 3 is 2.53 bits per heavy atom. The van der Waals surface area contributed by atoms with E-state index in [0.717, 1.165) is 26.2 Å². The average Bonchev–Trinajstić information content (AvgIpc) is 2.22. The van der Waals surface area contributed by atoms with E-state index in [4.69, 9.17) is 9.47 Å². The van der Waals surface area contributed by atoms with Gasteiger partial charge in [-0.3, -0.25) is 4.90 Å². The van der Waals surface area contributed by atoms with Crippen molar-refractivity contribution in [3.05, 3.63) is 0 Å². The van der Waals surface area contributed by atoms with Gasteiger partial charge in [-0.2, -0.15) is 0 Å². The summed E-state index contributed by atoms with van der Waals surface area (Å²) in [5.74, 6) is 0. The van der Waals surface area contributed by atoms with E-state index < -0.39 is 0 Å². The first-order chi connectivity index (χ1) is 7.27. The quantitative estimate of drug-likeness (QED) is 0.662. The van der Waals surface area contributed by atoms with Crippen molar-refractivity contribution in [2.45, 2.75) is 33.1 Å². The molecule has 1 saturated heterocycles. The minimum absolute atomic E-state index is 0.0689. The Kier molecular flexibility index (Phi) is 6.17. The third-order valence-electron chi connectivity index (χ3n) is 2.73. The molecule has 0 bridgehead atoms. The lowest BCUT2D eigenvalue weighted by Gasteiger charge is -2.35. The number of nitrogens with zero attached hydrogens (tertiary/aromatic N) is 1. The van der Waals surface area contributed by atoms with E-state index in [0.29, 0.717) is 19.3 Å². The molecule has 1 heterocycles. The van der Waals surface area contributed by atoms with Gasteiger partial charge in [-0.05, 0) is 20.8 Å². The van der Waals surface area contributed by atoms with Gasteiger partial charge >= 0.3 is 0 Å². The predicted octanol–water partition coefficient (Wildman–Crippen LogP) is 0.679. The SMILES string of the molecule is CCOC(CN1CCNC[C@@H]1C)OCC. The molecule has 4 heteroatoms. The zero-order valence-electron chi connectivity index (χ0n) is 10.2. The highest BCUT2D eigenvalue weighted by Crippen LogP contribution is 2.06. The maximum absolute atomic E-state index is 5.55. The fourth-order valence-corrected chi connectivity index (χ4v) is 1.87. The normalized spacial score (nSPS) is 23.6. The number of piperazine rings is 1. The van der Waals surface area contributed by atoms with E-state index in [2.05, 4.69) is 17.1 Å². The molecule has 1 fully saturated rings. The van der Waals surface area contributed by atoms with Crippen LogP contribution >= 0.6 is 0 Å². The van der Waals surface area contributed by atoms with Crippen LogP contribution in [0.2, 0.25) is 0 Å². The summed E-state index contributed by atoms with van der Waals surface area (Å²) in [4.78, 5) is 2.42. The summed E-state index contributed by atoms with van der Waals surface area (Å²) in [6.45, 7) is 11.8. The minimum Gasteiger partial charge on any atom is -0.352 e. The van der Waals surface area contributed by atoms with E-state index in [9.17, 15) is 0 Å². The molecule has 1 rings (SSSR count). The van der Waals surface area contributed by atoms with Crippen molar-refractivity contribution in [2.75, 3.05) is 39.4 Å². The van der Waals surface area contributed by atoms with Gasteiger partial charge in [0, 0.05) is 45.4 Å². The molecule has 0 radical (unpaired) electrons. The molecule has 0 aromatic rings. The molecule has 0 amide bonds. The Balaban J connectivity index is 2.33. The molecule has 0 spiro atoms. The number of hydrogen-bond donors (Lipinski definition) is 1. The smallest absolute Gasteiger partial charge is 0.170 e. The van der Waals surface area contributed by atoms with Gasteiger partial charge in [0.05, 0.1) is 0 Å². The van der Waals surface area contributed by atoms with Crippen molar-refractivity contribution in [3.8, 4) is 0 Å². The molecule has 0 unspecified atom stereocenters. The van der Waals surface area contributed by atoms with Crippen molar-refractivity contribution < 1.29 is 9.47 Å². The van der Waals surface area contributed by atoms with Crippen LogP contribution in [-0.2, 0) is 9.47 Å². The number of ether oxygens (including phenoxy) is 2. The fraction of sp³-hybridized carbons (Fsp3) is 1.00. The number of nitrogens with one attached hydrogen (secondary N) is 1. The molecule has 15 heavy (non-hydrogen) atoms. The van der Waals surface area contributed by atoms with Crippen LogP contribution in [-0.4, -0.2) is 56.6 Å². The number of hydrogen-bond acceptors (Lipinski definition) is 4. The summed E-state index contributed by atoms with van der Waals surface area (Å²) in [5, 5.41) is 3.38. The molecule has 90 valence electrons. The maximum atomic E-state index is 5.55. The molecule has 1 aliphatic rings. The Hall–Kier alpha value is -0.160. The standard InChI is InChI=1S/C11H24N2O2/c1-4-14-11(15-5-2)9-13-7-6-12-8-10(13)3/h10-12H,4-9H2,1-3H3/t10-/m0/s1. The van der Waals surface area contributed by atoms with Gasteiger partial charge in [0.15, 0.2) is 6.29 Å². The van der Waals surface area contributed by atoms with E-state index >= 15 is 0 Å². The van der Waals surface area contributed by atoms with Crippen LogP contribution in [0.15, 0.2) is 0 Å². The van der Waals surface area contributed by atoms with Crippen LogP contribution in [0.3, 0.4) is 0 Å². The van der Waals surface area contributed by atoms with E-state index in [1.807, 2.05) is 13.8 Å². The molecule has 1 aliphatic heterocycles. The second-order valence-electron chi connectivity index (χ2n) is 3.89. The molecule has 0 aromatic carbocycles. The third kappa shape index (κ3) is 4.47. The van der Waals surface area contributed by atoms with Crippen molar-refractivity contribution in [1.29, 1.82) is 0 Å². The van der Waals surface area contributed by atoms with E-state index in [1.165, 1.54) is 0 Å². The lowest BCUT2D eigenvalue weighted by Crippen LogP contribution is -2.52. The van der Waals surface area contributed by atoms with Crippen molar-refractivity contribution in [3.63, 3.8) is 0 Å². The van der Waals surface area contributed by atoms with Crippen LogP contribution < -0.4 is 5.32 Å². The fourth-order valence-electron chi connectivity index (χ4n) is 1.87. The molecule has 0 aromatic heterocycles. The lowest BCUT2D eigenvalue weighted by molar-refractivity contribution is -0.151. The van der Waals surface area contributed by atoms with Gasteiger partial charge in [0.1, 0.15) is 0 Å². The zero-order valence-corrected chi connectivity index (χ0v) is 10.2. The summed E-state index contributed by atoms with van der Waals surface area (Å²) in [6.07, 6.45) is -0.0689. The zero-order chi connectivity index (χ0) is 11.1. The van der Waals surface area contributed by atoms with Gasteiger partial charge < -0.3 is 14.8 Å². The Morgan fingerprint density at radius 2 is 2.00 bits per heavy atom. The minimum atomic E-state index is -0.0689. The first kappa shape index (κ1) is 12.9. The highest BCUT2D eigenvalue weighted by atomic mass is 16.7. The second-order valence-corrected chi connectivity index (χ2v) is 3.89. The highest BCUT2D eigenvalue weighted by molar-refractivity contribution is 4.76. The molecule has 1 atom stereocenters. The van der Waals surface area contributed by atoms with E-state index in [1.54, 1.807) is 0 Å². The van der Waals surface area contributed by atoms with Gasteiger partial charge in [-0.15, -0.1) is 0 Å². The molecule has 4 nitrogen and oxygen atoms in total. The summed E-state index contributed by atoms with van der Waals surface area (Å²) in [7, 11) is 0. The summed E-state index contributed by atoms with van der Waals surface area (Å²) >= 11 is 0. The molecular formula is C11H24N2O2. The summed E-state index contributed by atoms with van der Waals surface area (Å²) < 4.78 is 11.1. The molecular weight excluding hydrogens is 192 g/mol. The van der Waals surface area contributed by atoms with Crippen LogP contribution in [0.5, 0.6) is 0 Å². The average molecular weight is 216 g/mol. The molecule has 0 saturated carbocycles. The van der Waals surface area contributed by atoms with Gasteiger partial charge in [-0.1, -0.05) is 0 Å². The van der Waals surface area contributed by atoms with Crippen molar-refractivity contribution >= 4 is 0 Å². The monoisotopic (exact) mass is 216 g/mol. The second kappa shape index (κ2) is 7.17. The summed E-state index contributed by atoms with van der Waals surface area (Å²) in [5.41, 5.74) is 0. The van der Waals surface area contributed by atoms with Crippen LogP contribution in [0, 0.1) is 0 Å². The van der Waals surface area contributed by atoms with Gasteiger partial charge in [-0.25, -0.2) is 0 Å². The Morgan fingerprint density at radius 1 is 1.33 bits per heavy atom. The molecule has 1 N–H and O–H groups in total. The Bertz CT molecular complexity index is 161. The topological polar surface area (TPSA) is 33.7 Å². The van der Waals surface area contributed by atoms with Gasteiger partial charge in [0.2, 0.25) is 0 Å². The first-order valence-electron chi connectivity index (χ1n) is 5.95. The van der Waals surface area contributed by atoms with Crippen LogP contribution in [0.1, 0.15) is 20.8 Å². The number of rotatable bonds is 6. The van der Waals surface area contributed by atoms with Crippen LogP contribution in [0.25, 0.3) is 0 Å². The third-order valence-corrected chi connectivity index (χ3v) is 2.73. The predicted molar refractivity (Wildman–Crippen MR) is 60.9 cm³/mol. The van der Waals surface area contributed by atoms with Crippen molar-refractivity contribution in [2.24, 2.45) is 0 Å². The maximum Gasteiger partial charge on any atom is 0.170 e. The largest absolute Gasteiger partial charge is 0.352 e. The Labute approximate surface area is 92.9 Å². The van der Waals surface area contributed by atoms with Crippen LogP contribution in [0.4, 0.5) is 0 Å². The van der Waals surface area contributed by atoms with E-state index in [-0.39, 0.29) is 6.29 Å².